The molecule has 0 aromatic rings. The van der Waals surface area contributed by atoms with Gasteiger partial charge in [-0.05, 0) is 71.5 Å². The van der Waals surface area contributed by atoms with Crippen LogP contribution in [0.4, 0.5) is 4.79 Å². The van der Waals surface area contributed by atoms with Gasteiger partial charge in [0, 0.05) is 45.2 Å². The van der Waals surface area contributed by atoms with Crippen LogP contribution in [-0.4, -0.2) is 108 Å². The number of ether oxygens (including phenoxy) is 1. The lowest BCUT2D eigenvalue weighted by atomic mass is 9.89. The van der Waals surface area contributed by atoms with Gasteiger partial charge < -0.3 is 24.5 Å². The van der Waals surface area contributed by atoms with Crippen molar-refractivity contribution in [2.75, 3.05) is 52.9 Å². The van der Waals surface area contributed by atoms with E-state index in [-0.39, 0.29) is 18.7 Å². The van der Waals surface area contributed by atoms with Gasteiger partial charge in [-0.2, -0.15) is 0 Å². The van der Waals surface area contributed by atoms with Crippen LogP contribution < -0.4 is 0 Å². The molecule has 3 aliphatic heterocycles. The lowest BCUT2D eigenvalue weighted by Gasteiger charge is -2.44. The van der Waals surface area contributed by atoms with E-state index in [1.54, 1.807) is 11.9 Å². The summed E-state index contributed by atoms with van der Waals surface area (Å²) >= 11 is 0. The number of nitrogens with zero attached hydrogens (tertiary/aromatic N) is 4. The second-order valence-electron chi connectivity index (χ2n) is 9.56. The summed E-state index contributed by atoms with van der Waals surface area (Å²) in [6.45, 7) is 11.1. The average Bonchev–Trinajstić information content (AvgIpc) is 3.04. The largest absolute Gasteiger partial charge is 0.481 e. The summed E-state index contributed by atoms with van der Waals surface area (Å²) in [4.78, 5) is 31.8. The summed E-state index contributed by atoms with van der Waals surface area (Å²) in [5, 5.41) is 8.93. The van der Waals surface area contributed by atoms with Crippen LogP contribution in [0.2, 0.25) is 0 Å². The number of amides is 1. The number of piperidine rings is 1. The van der Waals surface area contributed by atoms with E-state index in [2.05, 4.69) is 28.5 Å². The van der Waals surface area contributed by atoms with Crippen LogP contribution in [0.3, 0.4) is 0 Å². The van der Waals surface area contributed by atoms with Crippen molar-refractivity contribution in [3.8, 4) is 0 Å². The smallest absolute Gasteiger partial charge is 0.411 e. The molecule has 1 N–H and O–H groups in total. The van der Waals surface area contributed by atoms with Crippen LogP contribution in [0.1, 0.15) is 52.4 Å². The van der Waals surface area contributed by atoms with E-state index in [1.165, 1.54) is 32.4 Å². The fourth-order valence-electron chi connectivity index (χ4n) is 5.14. The van der Waals surface area contributed by atoms with Crippen molar-refractivity contribution in [3.05, 3.63) is 0 Å². The summed E-state index contributed by atoms with van der Waals surface area (Å²) in [5.41, 5.74) is 0. The maximum atomic E-state index is 11.9. The highest BCUT2D eigenvalue weighted by atomic mass is 16.6. The molecule has 172 valence electrons. The van der Waals surface area contributed by atoms with Crippen LogP contribution >= 0.6 is 0 Å². The Balaban J connectivity index is 1.54. The van der Waals surface area contributed by atoms with Gasteiger partial charge in [0.05, 0.1) is 6.54 Å². The van der Waals surface area contributed by atoms with Gasteiger partial charge in [0.1, 0.15) is 0 Å². The van der Waals surface area contributed by atoms with Crippen LogP contribution in [0.15, 0.2) is 0 Å². The van der Waals surface area contributed by atoms with Crippen molar-refractivity contribution >= 4 is 12.1 Å². The molecular weight excluding hydrogens is 384 g/mol. The molecule has 0 radical (unpaired) electrons. The number of hydrogen-bond donors (Lipinski definition) is 1. The number of carboxylic acids is 1. The van der Waals surface area contributed by atoms with Crippen molar-refractivity contribution < 1.29 is 19.4 Å². The summed E-state index contributed by atoms with van der Waals surface area (Å²) < 4.78 is 5.63. The normalized spacial score (nSPS) is 27.7. The highest BCUT2D eigenvalue weighted by molar-refractivity contribution is 5.69. The minimum atomic E-state index is -0.723. The van der Waals surface area contributed by atoms with Crippen LogP contribution in [0, 0.1) is 5.92 Å². The van der Waals surface area contributed by atoms with Crippen molar-refractivity contribution in [1.29, 1.82) is 0 Å². The third-order valence-corrected chi connectivity index (χ3v) is 7.11. The Hall–Kier alpha value is -1.38. The van der Waals surface area contributed by atoms with E-state index < -0.39 is 5.97 Å². The van der Waals surface area contributed by atoms with Crippen molar-refractivity contribution in [3.63, 3.8) is 0 Å². The van der Waals surface area contributed by atoms with E-state index in [0.717, 1.165) is 38.5 Å². The Kier molecular flexibility index (Phi) is 8.36. The monoisotopic (exact) mass is 424 g/mol. The topological polar surface area (TPSA) is 76.6 Å². The Morgan fingerprint density at radius 3 is 2.47 bits per heavy atom. The summed E-state index contributed by atoms with van der Waals surface area (Å²) in [5.74, 6) is 0.0527. The Morgan fingerprint density at radius 1 is 1.13 bits per heavy atom. The van der Waals surface area contributed by atoms with Gasteiger partial charge in [0.15, 0.2) is 6.23 Å². The molecular formula is C22H40N4O4. The van der Waals surface area contributed by atoms with Gasteiger partial charge in [-0.15, -0.1) is 0 Å². The standard InChI is InChI=1S/C22H40N4O4/c1-17(2)25-11-8-18(9-12-25)6-7-19-15-24(10-4-5-21(27)28)13-14-26(19)20-16-23(3)22(29)30-20/h17-20H,4-16H2,1-3H3,(H,27,28). The molecule has 3 rings (SSSR count). The molecule has 3 heterocycles. The molecule has 3 aliphatic rings. The number of hydrogen-bond acceptors (Lipinski definition) is 6. The Morgan fingerprint density at radius 2 is 1.87 bits per heavy atom. The minimum absolute atomic E-state index is 0.156. The first kappa shape index (κ1) is 23.3. The van der Waals surface area contributed by atoms with Gasteiger partial charge >= 0.3 is 12.1 Å². The molecule has 0 saturated carbocycles. The van der Waals surface area contributed by atoms with E-state index >= 15 is 0 Å². The van der Waals surface area contributed by atoms with E-state index in [4.69, 9.17) is 9.84 Å². The molecule has 3 fully saturated rings. The van der Waals surface area contributed by atoms with E-state index in [9.17, 15) is 9.59 Å². The highest BCUT2D eigenvalue weighted by Gasteiger charge is 2.39. The third-order valence-electron chi connectivity index (χ3n) is 7.11. The Labute approximate surface area is 181 Å². The number of carboxylic acid groups (broad SMARTS) is 1. The second-order valence-corrected chi connectivity index (χ2v) is 9.56. The van der Waals surface area contributed by atoms with E-state index in [0.29, 0.717) is 25.0 Å². The molecule has 0 spiro atoms. The molecule has 2 atom stereocenters. The molecule has 8 nitrogen and oxygen atoms in total. The average molecular weight is 425 g/mol. The predicted molar refractivity (Wildman–Crippen MR) is 115 cm³/mol. The van der Waals surface area contributed by atoms with Gasteiger partial charge in [-0.25, -0.2) is 4.79 Å². The lowest BCUT2D eigenvalue weighted by molar-refractivity contribution is -0.137. The van der Waals surface area contributed by atoms with Crippen molar-refractivity contribution in [2.24, 2.45) is 5.92 Å². The van der Waals surface area contributed by atoms with Crippen molar-refractivity contribution in [1.82, 2.24) is 19.6 Å². The number of carbonyl (C=O) groups is 2. The first-order valence-corrected chi connectivity index (χ1v) is 11.7. The van der Waals surface area contributed by atoms with Crippen molar-refractivity contribution in [2.45, 2.75) is 70.7 Å². The SMILES string of the molecule is CC(C)N1CCC(CCC2CN(CCCC(=O)O)CCN2C2CN(C)C(=O)O2)CC1. The summed E-state index contributed by atoms with van der Waals surface area (Å²) in [6.07, 6.45) is 5.40. The second kappa shape index (κ2) is 10.8. The number of likely N-dealkylation sites (N-methyl/N-ethyl adjacent to an activating group) is 1. The summed E-state index contributed by atoms with van der Waals surface area (Å²) in [6, 6.07) is 0.990. The van der Waals surface area contributed by atoms with Gasteiger partial charge in [-0.1, -0.05) is 0 Å². The summed E-state index contributed by atoms with van der Waals surface area (Å²) in [7, 11) is 1.79. The first-order valence-electron chi connectivity index (χ1n) is 11.7. The zero-order valence-corrected chi connectivity index (χ0v) is 19.0. The zero-order chi connectivity index (χ0) is 21.7. The maximum Gasteiger partial charge on any atom is 0.411 e. The van der Waals surface area contributed by atoms with Crippen LogP contribution in [0.25, 0.3) is 0 Å². The molecule has 8 heteroatoms. The number of piperazine rings is 1. The molecule has 3 saturated heterocycles. The van der Waals surface area contributed by atoms with Gasteiger partial charge in [0.25, 0.3) is 0 Å². The van der Waals surface area contributed by atoms with Crippen LogP contribution in [0.5, 0.6) is 0 Å². The molecule has 0 aliphatic carbocycles. The number of likely N-dealkylation sites (tertiary alicyclic amines) is 1. The molecule has 0 aromatic carbocycles. The van der Waals surface area contributed by atoms with Gasteiger partial charge in [-0.3, -0.25) is 9.69 Å². The molecule has 2 unspecified atom stereocenters. The van der Waals surface area contributed by atoms with E-state index in [1.807, 2.05) is 0 Å². The molecule has 0 aromatic heterocycles. The molecule has 1 amide bonds. The number of rotatable bonds is 9. The first-order chi connectivity index (χ1) is 14.3. The maximum absolute atomic E-state index is 11.9. The van der Waals surface area contributed by atoms with Gasteiger partial charge in [0.2, 0.25) is 0 Å². The number of cyclic esters (lactones) is 1. The quantitative estimate of drug-likeness (QED) is 0.608. The Bertz CT molecular complexity index is 579. The number of aliphatic carboxylic acids is 1. The highest BCUT2D eigenvalue weighted by Crippen LogP contribution is 2.28. The number of carbonyl (C=O) groups excluding carboxylic acids is 1. The lowest BCUT2D eigenvalue weighted by Crippen LogP contribution is -2.57. The van der Waals surface area contributed by atoms with Crippen LogP contribution in [-0.2, 0) is 9.53 Å². The zero-order valence-electron chi connectivity index (χ0n) is 19.0. The predicted octanol–water partition coefficient (Wildman–Crippen LogP) is 2.15. The fourth-order valence-corrected chi connectivity index (χ4v) is 5.14. The molecule has 0 bridgehead atoms. The third kappa shape index (κ3) is 6.31. The minimum Gasteiger partial charge on any atom is -0.481 e. The molecule has 30 heavy (non-hydrogen) atoms. The fraction of sp³-hybridized carbons (Fsp3) is 0.909.